The number of ether oxygens (including phenoxy) is 2. The van der Waals surface area contributed by atoms with Crippen LogP contribution in [0.4, 0.5) is 9.59 Å². The highest BCUT2D eigenvalue weighted by Gasteiger charge is 2.52. The number of aliphatic hydroxyl groups is 1. The van der Waals surface area contributed by atoms with Gasteiger partial charge in [0.15, 0.2) is 6.04 Å². The molecule has 1 aliphatic rings. The first-order chi connectivity index (χ1) is 22.5. The van der Waals surface area contributed by atoms with Crippen LogP contribution in [-0.4, -0.2) is 58.0 Å². The lowest BCUT2D eigenvalue weighted by Gasteiger charge is -2.37. The van der Waals surface area contributed by atoms with Crippen LogP contribution in [0, 0.1) is 0 Å². The Morgan fingerprint density at radius 3 is 1.70 bits per heavy atom. The second kappa shape index (κ2) is 16.2. The first-order valence-electron chi connectivity index (χ1n) is 14.9. The summed E-state index contributed by atoms with van der Waals surface area (Å²) in [4.78, 5) is 46.7. The molecule has 11 heteroatoms. The molecule has 3 N–H and O–H groups in total. The van der Waals surface area contributed by atoms with Crippen molar-refractivity contribution in [2.45, 2.75) is 44.5 Å². The smallest absolute Gasteiger partial charge is 0.429 e. The van der Waals surface area contributed by atoms with E-state index in [0.29, 0.717) is 5.56 Å². The summed E-state index contributed by atoms with van der Waals surface area (Å²) in [5.41, 5.74) is 5.61. The molecule has 1 heterocycles. The van der Waals surface area contributed by atoms with Crippen LogP contribution in [0.3, 0.4) is 0 Å². The average molecular weight is 625 g/mol. The van der Waals surface area contributed by atoms with Gasteiger partial charge in [0.25, 0.3) is 0 Å². The van der Waals surface area contributed by atoms with Crippen LogP contribution in [0.1, 0.15) is 22.3 Å². The van der Waals surface area contributed by atoms with Crippen LogP contribution in [0.5, 0.6) is 0 Å². The van der Waals surface area contributed by atoms with Gasteiger partial charge in [-0.25, -0.2) is 20.0 Å². The quantitative estimate of drug-likeness (QED) is 0.199. The van der Waals surface area contributed by atoms with E-state index < -0.39 is 42.8 Å². The number of carbonyl (C=O) groups is 3. The van der Waals surface area contributed by atoms with Crippen molar-refractivity contribution in [2.75, 3.05) is 6.61 Å². The van der Waals surface area contributed by atoms with Crippen molar-refractivity contribution in [1.29, 1.82) is 0 Å². The van der Waals surface area contributed by atoms with Gasteiger partial charge < -0.3 is 19.9 Å². The number of hydrogen-bond acceptors (Lipinski definition) is 8. The molecule has 11 nitrogen and oxygen atoms in total. The molecule has 0 radical (unpaired) electrons. The molecule has 1 saturated heterocycles. The van der Waals surface area contributed by atoms with Crippen molar-refractivity contribution in [1.82, 2.24) is 20.8 Å². The predicted molar refractivity (Wildman–Crippen MR) is 168 cm³/mol. The molecule has 5 rings (SSSR count). The minimum atomic E-state index is -1.37. The fourth-order valence-corrected chi connectivity index (χ4v) is 5.11. The Bertz CT molecular complexity index is 1540. The van der Waals surface area contributed by atoms with Crippen LogP contribution in [0.15, 0.2) is 121 Å². The van der Waals surface area contributed by atoms with Crippen molar-refractivity contribution >= 4 is 18.1 Å². The standard InChI is InChI=1S/C35H36N4O7/c40-22-30-31(38(21-26-13-5-1-6-14-26)46-25-29-19-11-4-12-20-29)32(33(41)36-30)39(35(43)45-24-28-17-9-3-10-18-28)37-34(42)44-23-27-15-7-2-8-16-27/h1-20,30-32,40H,21-25H2,(H,36,41)(H,37,42)/t30-,31-,32+/m1/s1. The third kappa shape index (κ3) is 8.69. The van der Waals surface area contributed by atoms with E-state index in [-0.39, 0.29) is 26.4 Å². The van der Waals surface area contributed by atoms with Gasteiger partial charge in [-0.15, -0.1) is 0 Å². The number of carbonyl (C=O) groups excluding carboxylic acids is 3. The summed E-state index contributed by atoms with van der Waals surface area (Å²) in [6, 6.07) is 33.8. The molecule has 3 atom stereocenters. The van der Waals surface area contributed by atoms with Crippen molar-refractivity contribution in [3.05, 3.63) is 144 Å². The molecular formula is C35H36N4O7. The Labute approximate surface area is 267 Å². The van der Waals surface area contributed by atoms with Crippen molar-refractivity contribution in [3.63, 3.8) is 0 Å². The zero-order valence-electron chi connectivity index (χ0n) is 25.1. The van der Waals surface area contributed by atoms with Gasteiger partial charge in [0.2, 0.25) is 5.91 Å². The van der Waals surface area contributed by atoms with E-state index in [0.717, 1.165) is 21.7 Å². The van der Waals surface area contributed by atoms with Crippen molar-refractivity contribution in [3.8, 4) is 0 Å². The van der Waals surface area contributed by atoms with E-state index in [9.17, 15) is 19.5 Å². The molecular weight excluding hydrogens is 588 g/mol. The number of rotatable bonds is 12. The zero-order valence-corrected chi connectivity index (χ0v) is 25.1. The van der Waals surface area contributed by atoms with Gasteiger partial charge >= 0.3 is 12.2 Å². The van der Waals surface area contributed by atoms with E-state index in [1.54, 1.807) is 41.5 Å². The molecule has 46 heavy (non-hydrogen) atoms. The molecule has 4 aromatic carbocycles. The second-order valence-corrected chi connectivity index (χ2v) is 10.6. The largest absolute Gasteiger partial charge is 0.443 e. The summed E-state index contributed by atoms with van der Waals surface area (Å²) in [6.07, 6.45) is -1.97. The topological polar surface area (TPSA) is 130 Å². The summed E-state index contributed by atoms with van der Waals surface area (Å²) in [5.74, 6) is -0.620. The number of nitrogens with one attached hydrogen (secondary N) is 2. The van der Waals surface area contributed by atoms with Gasteiger partial charge in [0.1, 0.15) is 13.2 Å². The SMILES string of the molecule is O=C(NN(C(=O)OCc1ccccc1)[C@@H]1C(=O)N[C@H](CO)[C@H]1N(Cc1ccccc1)OCc1ccccc1)OCc1ccccc1. The Morgan fingerprint density at radius 1 is 0.696 bits per heavy atom. The summed E-state index contributed by atoms with van der Waals surface area (Å²) in [5, 5.41) is 15.5. The Morgan fingerprint density at radius 2 is 1.17 bits per heavy atom. The van der Waals surface area contributed by atoms with Crippen LogP contribution >= 0.6 is 0 Å². The van der Waals surface area contributed by atoms with Crippen LogP contribution < -0.4 is 10.7 Å². The molecule has 238 valence electrons. The van der Waals surface area contributed by atoms with Crippen LogP contribution in [0.2, 0.25) is 0 Å². The summed E-state index contributed by atoms with van der Waals surface area (Å²) in [7, 11) is 0. The highest BCUT2D eigenvalue weighted by Crippen LogP contribution is 2.25. The predicted octanol–water partition coefficient (Wildman–Crippen LogP) is 4.33. The summed E-state index contributed by atoms with van der Waals surface area (Å²) < 4.78 is 11.0. The fourth-order valence-electron chi connectivity index (χ4n) is 5.11. The maximum Gasteiger partial charge on any atom is 0.429 e. The van der Waals surface area contributed by atoms with E-state index in [4.69, 9.17) is 14.3 Å². The third-order valence-electron chi connectivity index (χ3n) is 7.39. The minimum Gasteiger partial charge on any atom is -0.443 e. The molecule has 0 bridgehead atoms. The number of aliphatic hydroxyl groups excluding tert-OH is 1. The van der Waals surface area contributed by atoms with Crippen molar-refractivity contribution < 1.29 is 33.8 Å². The molecule has 3 amide bonds. The summed E-state index contributed by atoms with van der Waals surface area (Å²) in [6.45, 7) is -0.296. The van der Waals surface area contributed by atoms with Gasteiger partial charge in [0.05, 0.1) is 25.3 Å². The average Bonchev–Trinajstić information content (AvgIpc) is 3.44. The lowest BCUT2D eigenvalue weighted by Crippen LogP contribution is -2.61. The van der Waals surface area contributed by atoms with Gasteiger partial charge in [-0.1, -0.05) is 121 Å². The number of hydroxylamine groups is 2. The number of hydrogen-bond donors (Lipinski definition) is 3. The van der Waals surface area contributed by atoms with Crippen molar-refractivity contribution in [2.24, 2.45) is 0 Å². The monoisotopic (exact) mass is 624 g/mol. The first-order valence-corrected chi connectivity index (χ1v) is 14.9. The Kier molecular flexibility index (Phi) is 11.3. The first kappa shape index (κ1) is 32.2. The van der Waals surface area contributed by atoms with Gasteiger partial charge in [-0.05, 0) is 22.3 Å². The molecule has 0 saturated carbocycles. The molecule has 4 aromatic rings. The number of benzene rings is 4. The van der Waals surface area contributed by atoms with Crippen LogP contribution in [0.25, 0.3) is 0 Å². The Balaban J connectivity index is 1.44. The molecule has 0 unspecified atom stereocenters. The zero-order chi connectivity index (χ0) is 32.1. The molecule has 1 aliphatic heterocycles. The summed E-state index contributed by atoms with van der Waals surface area (Å²) >= 11 is 0. The second-order valence-electron chi connectivity index (χ2n) is 10.6. The molecule has 1 fully saturated rings. The lowest BCUT2D eigenvalue weighted by molar-refractivity contribution is -0.216. The Hall–Kier alpha value is -5.23. The van der Waals surface area contributed by atoms with E-state index in [1.807, 2.05) is 84.9 Å². The van der Waals surface area contributed by atoms with Gasteiger partial charge in [-0.3, -0.25) is 9.63 Å². The van der Waals surface area contributed by atoms with E-state index >= 15 is 0 Å². The number of hydrazine groups is 1. The van der Waals surface area contributed by atoms with Gasteiger partial charge in [-0.2, -0.15) is 5.06 Å². The van der Waals surface area contributed by atoms with Gasteiger partial charge in [0, 0.05) is 6.54 Å². The van der Waals surface area contributed by atoms with E-state index in [2.05, 4.69) is 10.7 Å². The minimum absolute atomic E-state index is 0.0700. The molecule has 0 aliphatic carbocycles. The number of amides is 3. The normalized spacial score (nSPS) is 17.3. The lowest BCUT2D eigenvalue weighted by atomic mass is 10.0. The number of nitrogens with zero attached hydrogens (tertiary/aromatic N) is 2. The molecule has 0 spiro atoms. The third-order valence-corrected chi connectivity index (χ3v) is 7.39. The maximum atomic E-state index is 13.7. The highest BCUT2D eigenvalue weighted by atomic mass is 16.7. The molecule has 0 aromatic heterocycles. The van der Waals surface area contributed by atoms with Crippen LogP contribution in [-0.2, 0) is 45.5 Å². The highest BCUT2D eigenvalue weighted by molar-refractivity contribution is 5.90. The van der Waals surface area contributed by atoms with E-state index in [1.165, 1.54) is 0 Å². The maximum absolute atomic E-state index is 13.7. The fraction of sp³-hybridized carbons (Fsp3) is 0.229.